The number of aryl methyl sites for hydroxylation is 1. The molecule has 0 unspecified atom stereocenters. The number of ether oxygens (including phenoxy) is 1. The average molecular weight is 195 g/mol. The summed E-state index contributed by atoms with van der Waals surface area (Å²) in [5.41, 5.74) is 0.600. The van der Waals surface area contributed by atoms with E-state index in [9.17, 15) is 9.18 Å². The lowest BCUT2D eigenvalue weighted by atomic mass is 10.0. The maximum Gasteiger partial charge on any atom is 0.356 e. The van der Waals surface area contributed by atoms with Gasteiger partial charge in [0.25, 0.3) is 0 Å². The van der Waals surface area contributed by atoms with Gasteiger partial charge in [-0.05, 0) is 24.6 Å². The van der Waals surface area contributed by atoms with Crippen LogP contribution in [0.5, 0.6) is 0 Å². The molecule has 14 heavy (non-hydrogen) atoms. The van der Waals surface area contributed by atoms with Crippen LogP contribution in [0.15, 0.2) is 18.2 Å². The van der Waals surface area contributed by atoms with E-state index in [0.29, 0.717) is 5.56 Å². The minimum Gasteiger partial charge on any atom is -0.464 e. The van der Waals surface area contributed by atoms with E-state index in [2.05, 4.69) is 4.74 Å². The Hall–Kier alpha value is -1.71. The van der Waals surface area contributed by atoms with Crippen molar-refractivity contribution in [2.45, 2.75) is 6.92 Å². The molecule has 0 radical (unpaired) electrons. The number of esters is 1. The van der Waals surface area contributed by atoms with Crippen LogP contribution in [-0.4, -0.2) is 18.8 Å². The third-order valence-corrected chi connectivity index (χ3v) is 1.86. The normalized spacial score (nSPS) is 9.64. The van der Waals surface area contributed by atoms with Crippen molar-refractivity contribution in [1.82, 2.24) is 0 Å². The molecular weight excluding hydrogens is 185 g/mol. The molecule has 1 N–H and O–H groups in total. The van der Waals surface area contributed by atoms with Gasteiger partial charge in [-0.3, -0.25) is 5.41 Å². The predicted octanol–water partition coefficient (Wildman–Crippen LogP) is 1.67. The van der Waals surface area contributed by atoms with Gasteiger partial charge in [0, 0.05) is 5.56 Å². The molecule has 0 aliphatic heterocycles. The van der Waals surface area contributed by atoms with Crippen LogP contribution < -0.4 is 0 Å². The smallest absolute Gasteiger partial charge is 0.356 e. The van der Waals surface area contributed by atoms with E-state index < -0.39 is 11.8 Å². The first kappa shape index (κ1) is 10.4. The maximum atomic E-state index is 12.8. The van der Waals surface area contributed by atoms with E-state index in [4.69, 9.17) is 5.41 Å². The SMILES string of the molecule is COC(=O)C(=N)c1cc(F)ccc1C. The van der Waals surface area contributed by atoms with Gasteiger partial charge in [0.15, 0.2) is 0 Å². The molecule has 0 spiro atoms. The van der Waals surface area contributed by atoms with Gasteiger partial charge >= 0.3 is 5.97 Å². The molecule has 0 atom stereocenters. The van der Waals surface area contributed by atoms with Crippen molar-refractivity contribution in [1.29, 1.82) is 5.41 Å². The highest BCUT2D eigenvalue weighted by atomic mass is 19.1. The Morgan fingerprint density at radius 2 is 2.14 bits per heavy atom. The first-order chi connectivity index (χ1) is 6.56. The van der Waals surface area contributed by atoms with Gasteiger partial charge in [-0.25, -0.2) is 9.18 Å². The fourth-order valence-corrected chi connectivity index (χ4v) is 1.08. The molecule has 0 heterocycles. The standard InChI is InChI=1S/C10H10FNO2/c1-6-3-4-7(11)5-8(6)9(12)10(13)14-2/h3-5,12H,1-2H3. The number of hydrogen-bond acceptors (Lipinski definition) is 3. The van der Waals surface area contributed by atoms with Gasteiger partial charge in [-0.15, -0.1) is 0 Å². The molecule has 0 saturated heterocycles. The zero-order valence-corrected chi connectivity index (χ0v) is 7.93. The number of rotatable bonds is 2. The highest BCUT2D eigenvalue weighted by Crippen LogP contribution is 2.11. The van der Waals surface area contributed by atoms with Crippen molar-refractivity contribution in [3.63, 3.8) is 0 Å². The predicted molar refractivity (Wildman–Crippen MR) is 50.0 cm³/mol. The van der Waals surface area contributed by atoms with E-state index >= 15 is 0 Å². The first-order valence-corrected chi connectivity index (χ1v) is 3.99. The molecule has 1 aromatic rings. The number of benzene rings is 1. The van der Waals surface area contributed by atoms with Gasteiger partial charge < -0.3 is 4.74 Å². The van der Waals surface area contributed by atoms with Crippen molar-refractivity contribution in [3.05, 3.63) is 35.1 Å². The Labute approximate surface area is 81.0 Å². The summed E-state index contributed by atoms with van der Waals surface area (Å²) >= 11 is 0. The molecule has 0 fully saturated rings. The number of hydrogen-bond donors (Lipinski definition) is 1. The number of halogens is 1. The van der Waals surface area contributed by atoms with E-state index in [0.717, 1.165) is 6.07 Å². The first-order valence-electron chi connectivity index (χ1n) is 3.99. The largest absolute Gasteiger partial charge is 0.464 e. The molecule has 3 nitrogen and oxygen atoms in total. The second-order valence-corrected chi connectivity index (χ2v) is 2.83. The molecular formula is C10H10FNO2. The molecule has 4 heteroatoms. The molecule has 0 amide bonds. The fraction of sp³-hybridized carbons (Fsp3) is 0.200. The van der Waals surface area contributed by atoms with Gasteiger partial charge in [0.1, 0.15) is 11.5 Å². The molecule has 0 aliphatic carbocycles. The van der Waals surface area contributed by atoms with Gasteiger partial charge in [0.05, 0.1) is 7.11 Å². The lowest BCUT2D eigenvalue weighted by Gasteiger charge is -2.05. The van der Waals surface area contributed by atoms with E-state index in [1.807, 2.05) is 0 Å². The number of methoxy groups -OCH3 is 1. The Bertz CT molecular complexity index is 388. The van der Waals surface area contributed by atoms with Crippen LogP contribution in [0.3, 0.4) is 0 Å². The van der Waals surface area contributed by atoms with Crippen molar-refractivity contribution >= 4 is 11.7 Å². The summed E-state index contributed by atoms with van der Waals surface area (Å²) in [5.74, 6) is -1.24. The highest BCUT2D eigenvalue weighted by molar-refractivity contribution is 6.42. The summed E-state index contributed by atoms with van der Waals surface area (Å²) in [4.78, 5) is 11.0. The molecule has 0 bridgehead atoms. The van der Waals surface area contributed by atoms with Gasteiger partial charge in [0.2, 0.25) is 0 Å². The van der Waals surface area contributed by atoms with E-state index in [1.54, 1.807) is 6.92 Å². The van der Waals surface area contributed by atoms with E-state index in [-0.39, 0.29) is 11.3 Å². The topological polar surface area (TPSA) is 50.2 Å². The number of nitrogens with one attached hydrogen (secondary N) is 1. The van der Waals surface area contributed by atoms with E-state index in [1.165, 1.54) is 19.2 Å². The summed E-state index contributed by atoms with van der Waals surface area (Å²) in [7, 11) is 1.19. The zero-order valence-electron chi connectivity index (χ0n) is 7.93. The molecule has 0 aromatic heterocycles. The van der Waals surface area contributed by atoms with Crippen LogP contribution in [0.1, 0.15) is 11.1 Å². The minimum absolute atomic E-state index is 0.261. The summed E-state index contributed by atoms with van der Waals surface area (Å²) in [6, 6.07) is 3.94. The second kappa shape index (κ2) is 4.00. The summed E-state index contributed by atoms with van der Waals surface area (Å²) < 4.78 is 17.2. The van der Waals surface area contributed by atoms with Crippen LogP contribution in [0.2, 0.25) is 0 Å². The van der Waals surface area contributed by atoms with Crippen LogP contribution in [0, 0.1) is 18.2 Å². The highest BCUT2D eigenvalue weighted by Gasteiger charge is 2.14. The summed E-state index contributed by atoms with van der Waals surface area (Å²) in [5, 5.41) is 7.43. The molecule has 74 valence electrons. The number of carbonyl (C=O) groups is 1. The Balaban J connectivity index is 3.12. The monoisotopic (exact) mass is 195 g/mol. The molecule has 0 aliphatic rings. The van der Waals surface area contributed by atoms with Crippen molar-refractivity contribution in [2.24, 2.45) is 0 Å². The second-order valence-electron chi connectivity index (χ2n) is 2.83. The van der Waals surface area contributed by atoms with Crippen LogP contribution in [0.4, 0.5) is 4.39 Å². The zero-order chi connectivity index (χ0) is 10.7. The van der Waals surface area contributed by atoms with Gasteiger partial charge in [-0.1, -0.05) is 6.07 Å². The maximum absolute atomic E-state index is 12.8. The van der Waals surface area contributed by atoms with Crippen molar-refractivity contribution < 1.29 is 13.9 Å². The van der Waals surface area contributed by atoms with Crippen LogP contribution in [0.25, 0.3) is 0 Å². The minimum atomic E-state index is -0.765. The van der Waals surface area contributed by atoms with Crippen LogP contribution >= 0.6 is 0 Å². The summed E-state index contributed by atoms with van der Waals surface area (Å²) in [6.07, 6.45) is 0. The Morgan fingerprint density at radius 3 is 2.71 bits per heavy atom. The average Bonchev–Trinajstić information content (AvgIpc) is 2.19. The van der Waals surface area contributed by atoms with Crippen LogP contribution in [-0.2, 0) is 9.53 Å². The van der Waals surface area contributed by atoms with Crippen molar-refractivity contribution in [3.8, 4) is 0 Å². The number of carbonyl (C=O) groups excluding carboxylic acids is 1. The Kier molecular flexibility index (Phi) is 2.96. The lowest BCUT2D eigenvalue weighted by Crippen LogP contribution is -2.17. The van der Waals surface area contributed by atoms with Crippen molar-refractivity contribution in [2.75, 3.05) is 7.11 Å². The van der Waals surface area contributed by atoms with Gasteiger partial charge in [-0.2, -0.15) is 0 Å². The molecule has 1 aromatic carbocycles. The molecule has 0 saturated carbocycles. The quantitative estimate of drug-likeness (QED) is 0.576. The Morgan fingerprint density at radius 1 is 1.50 bits per heavy atom. The third kappa shape index (κ3) is 1.96. The molecule has 1 rings (SSSR count). The summed E-state index contributed by atoms with van der Waals surface area (Å²) in [6.45, 7) is 1.70. The third-order valence-electron chi connectivity index (χ3n) is 1.86. The fourth-order valence-electron chi connectivity index (χ4n) is 1.08. The lowest BCUT2D eigenvalue weighted by molar-refractivity contribution is -0.132.